The van der Waals surface area contributed by atoms with Crippen molar-refractivity contribution in [1.29, 1.82) is 0 Å². The van der Waals surface area contributed by atoms with Crippen LogP contribution in [-0.2, 0) is 60.9 Å². The van der Waals surface area contributed by atoms with Gasteiger partial charge in [-0.1, -0.05) is 51.1 Å². The molecule has 4 atom stereocenters. The van der Waals surface area contributed by atoms with E-state index in [4.69, 9.17) is 5.73 Å². The number of nitrogens with two attached hydrogens (primary N) is 1. The largest absolute Gasteiger partial charge is 0.370 e. The molecule has 2 aromatic carbocycles. The van der Waals surface area contributed by atoms with Crippen LogP contribution in [0.2, 0.25) is 0 Å². The first kappa shape index (κ1) is 61.6. The highest BCUT2D eigenvalue weighted by atomic mass is 32.2. The SMILES string of the molecule is C[C@H](NC(=O)Cc1ccncc1)C(=O)N[C@H](C)C(=O)N[C@@H](CC(N)=O)C(=O)NCCCN(C(=O)CSCCC(=O)NCCNC(=O)CN1C(=O)C=CC1=O)[C@@H](c1cc(-c2cc(F)ccc2F)cn1Cc1ccccc1)C(C)(C)C. The monoisotopic (exact) mass is 1110 g/mol. The number of nitrogens with zero attached hydrogens (tertiary/aromatic N) is 4. The van der Waals surface area contributed by atoms with Crippen molar-refractivity contribution in [1.82, 2.24) is 51.3 Å². The van der Waals surface area contributed by atoms with Gasteiger partial charge in [0.05, 0.1) is 24.6 Å². The van der Waals surface area contributed by atoms with Crippen LogP contribution in [-0.4, -0.2) is 141 Å². The van der Waals surface area contributed by atoms with Gasteiger partial charge in [-0.15, -0.1) is 0 Å². The number of carbonyl (C=O) groups excluding carboxylic acids is 10. The quantitative estimate of drug-likeness (QED) is 0.0304. The first-order valence-electron chi connectivity index (χ1n) is 25.5. The van der Waals surface area contributed by atoms with Crippen LogP contribution in [0.5, 0.6) is 0 Å². The molecule has 0 radical (unpaired) electrons. The predicted octanol–water partition coefficient (Wildman–Crippen LogP) is 2.19. The van der Waals surface area contributed by atoms with Crippen molar-refractivity contribution in [3.05, 3.63) is 126 Å². The van der Waals surface area contributed by atoms with E-state index in [0.29, 0.717) is 23.4 Å². The second-order valence-corrected chi connectivity index (χ2v) is 20.9. The minimum absolute atomic E-state index is 0.00460. The van der Waals surface area contributed by atoms with E-state index in [1.807, 2.05) is 55.7 Å². The zero-order valence-corrected chi connectivity index (χ0v) is 45.5. The van der Waals surface area contributed by atoms with Crippen LogP contribution in [0.1, 0.15) is 76.7 Å². The Bertz CT molecular complexity index is 2860. The van der Waals surface area contributed by atoms with Crippen LogP contribution in [0.3, 0.4) is 0 Å². The summed E-state index contributed by atoms with van der Waals surface area (Å²) in [6, 6.07) is 13.1. The molecule has 3 heterocycles. The third-order valence-corrected chi connectivity index (χ3v) is 13.3. The first-order chi connectivity index (χ1) is 37.5. The number of benzene rings is 2. The van der Waals surface area contributed by atoms with Gasteiger partial charge in [-0.05, 0) is 73.2 Å². The summed E-state index contributed by atoms with van der Waals surface area (Å²) < 4.78 is 32.0. The molecule has 10 amide bonds. The standard InChI is InChI=1S/C55H67F2N11O10S/c1-34(63-46(71)26-36-16-20-59-21-17-36)52(76)64-35(2)53(77)65-42(29-44(58)69)54(78)62-19-9-24-67(50(75)33-79-25-18-45(70)60-22-23-61-47(72)32-68-48(73)14-15-49(68)74)51(55(3,4)5)43-27-38(40-28-39(56)12-13-41(40)57)31-66(43)30-37-10-7-6-8-11-37/h6-8,10-17,20-21,27-28,31,34-35,42,51H,9,18-19,22-26,29-30,32-33H2,1-5H3,(H2,58,69)(H,60,70)(H,61,72)(H,62,78)(H,63,71)(H,64,76)(H,65,77)/t34-,35+,42-,51-/m0/s1. The fourth-order valence-electron chi connectivity index (χ4n) is 8.43. The molecule has 0 saturated carbocycles. The number of aromatic nitrogens is 2. The number of thioether (sulfide) groups is 1. The van der Waals surface area contributed by atoms with Crippen molar-refractivity contribution >= 4 is 70.8 Å². The Hall–Kier alpha value is -8.28. The number of nitrogens with one attached hydrogen (secondary N) is 6. The lowest BCUT2D eigenvalue weighted by atomic mass is 9.83. The number of pyridine rings is 1. The summed E-state index contributed by atoms with van der Waals surface area (Å²) in [5.41, 5.74) is 7.27. The Balaban J connectivity index is 1.28. The van der Waals surface area contributed by atoms with Gasteiger partial charge >= 0.3 is 0 Å². The molecular formula is C55H67F2N11O10S. The molecule has 5 rings (SSSR count). The van der Waals surface area contributed by atoms with Gasteiger partial charge < -0.3 is 47.1 Å². The first-order valence-corrected chi connectivity index (χ1v) is 26.6. The molecule has 79 heavy (non-hydrogen) atoms. The number of rotatable bonds is 29. The maximum absolute atomic E-state index is 15.4. The summed E-state index contributed by atoms with van der Waals surface area (Å²) in [7, 11) is 0. The predicted molar refractivity (Wildman–Crippen MR) is 290 cm³/mol. The lowest BCUT2D eigenvalue weighted by Gasteiger charge is -2.41. The van der Waals surface area contributed by atoms with E-state index < -0.39 is 101 Å². The van der Waals surface area contributed by atoms with E-state index in [9.17, 15) is 52.3 Å². The highest BCUT2D eigenvalue weighted by Gasteiger charge is 2.37. The number of carbonyl (C=O) groups is 10. The molecule has 1 aliphatic rings. The molecule has 8 N–H and O–H groups in total. The number of imide groups is 1. The number of halogens is 2. The maximum Gasteiger partial charge on any atom is 0.254 e. The van der Waals surface area contributed by atoms with E-state index in [1.54, 1.807) is 29.3 Å². The van der Waals surface area contributed by atoms with Crippen LogP contribution in [0.15, 0.2) is 97.5 Å². The number of primary amides is 1. The van der Waals surface area contributed by atoms with Crippen LogP contribution in [0, 0.1) is 17.0 Å². The minimum Gasteiger partial charge on any atom is -0.370 e. The Labute approximate surface area is 460 Å². The fourth-order valence-corrected chi connectivity index (χ4v) is 9.25. The van der Waals surface area contributed by atoms with Gasteiger partial charge in [-0.25, -0.2) is 8.78 Å². The Morgan fingerprint density at radius 2 is 1.39 bits per heavy atom. The summed E-state index contributed by atoms with van der Waals surface area (Å²) in [5, 5.41) is 15.4. The smallest absolute Gasteiger partial charge is 0.254 e. The maximum atomic E-state index is 15.4. The van der Waals surface area contributed by atoms with Crippen molar-refractivity contribution in [2.75, 3.05) is 44.2 Å². The molecule has 4 aromatic rings. The van der Waals surface area contributed by atoms with E-state index >= 15 is 4.39 Å². The molecule has 24 heteroatoms. The summed E-state index contributed by atoms with van der Waals surface area (Å²) in [4.78, 5) is 134. The van der Waals surface area contributed by atoms with Gasteiger partial charge in [0.25, 0.3) is 11.8 Å². The van der Waals surface area contributed by atoms with E-state index in [0.717, 1.165) is 40.8 Å². The van der Waals surface area contributed by atoms with Crippen molar-refractivity contribution < 1.29 is 56.7 Å². The molecule has 0 saturated heterocycles. The minimum atomic E-state index is -1.46. The Morgan fingerprint density at radius 1 is 0.747 bits per heavy atom. The summed E-state index contributed by atoms with van der Waals surface area (Å²) in [6.45, 7) is 8.42. The molecule has 0 unspecified atom stereocenters. The third-order valence-electron chi connectivity index (χ3n) is 12.3. The molecule has 21 nitrogen and oxygen atoms in total. The lowest BCUT2D eigenvalue weighted by Crippen LogP contribution is -2.56. The molecule has 422 valence electrons. The highest BCUT2D eigenvalue weighted by molar-refractivity contribution is 7.99. The lowest BCUT2D eigenvalue weighted by molar-refractivity contribution is -0.141. The van der Waals surface area contributed by atoms with Gasteiger partial charge in [0.15, 0.2) is 0 Å². The van der Waals surface area contributed by atoms with Crippen molar-refractivity contribution in [3.8, 4) is 11.1 Å². The van der Waals surface area contributed by atoms with Crippen LogP contribution in [0.4, 0.5) is 8.78 Å². The molecule has 2 aromatic heterocycles. The van der Waals surface area contributed by atoms with Gasteiger partial charge in [0.2, 0.25) is 47.3 Å². The Morgan fingerprint density at radius 3 is 2.05 bits per heavy atom. The molecule has 0 bridgehead atoms. The van der Waals surface area contributed by atoms with Crippen LogP contribution >= 0.6 is 11.8 Å². The highest BCUT2D eigenvalue weighted by Crippen LogP contribution is 2.41. The topological polar surface area (TPSA) is 293 Å². The van der Waals surface area contributed by atoms with Gasteiger partial charge in [0, 0.05) is 92.5 Å². The summed E-state index contributed by atoms with van der Waals surface area (Å²) in [6.07, 6.45) is 6.42. The third kappa shape index (κ3) is 19.3. The van der Waals surface area contributed by atoms with Crippen LogP contribution in [0.25, 0.3) is 11.1 Å². The van der Waals surface area contributed by atoms with Crippen molar-refractivity contribution in [2.24, 2.45) is 11.1 Å². The van der Waals surface area contributed by atoms with Crippen molar-refractivity contribution in [2.45, 2.75) is 91.0 Å². The molecule has 0 fully saturated rings. The molecular weight excluding hydrogens is 1040 g/mol. The average Bonchev–Trinajstić information content (AvgIpc) is 3.96. The zero-order chi connectivity index (χ0) is 57.8. The molecule has 1 aliphatic heterocycles. The number of hydrogen-bond donors (Lipinski definition) is 7. The summed E-state index contributed by atoms with van der Waals surface area (Å²) in [5.74, 6) is -7.35. The van der Waals surface area contributed by atoms with E-state index in [1.165, 1.54) is 38.0 Å². The molecule has 0 aliphatic carbocycles. The zero-order valence-electron chi connectivity index (χ0n) is 44.6. The van der Waals surface area contributed by atoms with Gasteiger partial charge in [0.1, 0.15) is 36.3 Å². The van der Waals surface area contributed by atoms with Gasteiger partial charge in [-0.2, -0.15) is 11.8 Å². The average molecular weight is 1110 g/mol. The normalized spacial score (nSPS) is 13.6. The van der Waals surface area contributed by atoms with Gasteiger partial charge in [-0.3, -0.25) is 57.8 Å². The van der Waals surface area contributed by atoms with E-state index in [-0.39, 0.29) is 74.3 Å². The molecule has 0 spiro atoms. The van der Waals surface area contributed by atoms with E-state index in [2.05, 4.69) is 36.9 Å². The number of hydrogen-bond acceptors (Lipinski definition) is 12. The van der Waals surface area contributed by atoms with Crippen LogP contribution < -0.4 is 37.6 Å². The summed E-state index contributed by atoms with van der Waals surface area (Å²) >= 11 is 1.19. The second-order valence-electron chi connectivity index (χ2n) is 19.8. The number of amides is 10. The fraction of sp³-hybridized carbons (Fsp3) is 0.400. The Kier molecular flexibility index (Phi) is 23.0. The van der Waals surface area contributed by atoms with Crippen molar-refractivity contribution in [3.63, 3.8) is 0 Å². The second kappa shape index (κ2) is 29.5.